The van der Waals surface area contributed by atoms with Crippen molar-refractivity contribution < 1.29 is 0 Å². The van der Waals surface area contributed by atoms with Gasteiger partial charge in [0.25, 0.3) is 0 Å². The molecule has 2 rings (SSSR count). The Morgan fingerprint density at radius 1 is 1.40 bits per heavy atom. The maximum absolute atomic E-state index is 3.51. The first kappa shape index (κ1) is 16.3. The van der Waals surface area contributed by atoms with Crippen LogP contribution in [0.1, 0.15) is 43.0 Å². The van der Waals surface area contributed by atoms with Crippen molar-refractivity contribution >= 4 is 23.1 Å². The highest BCUT2D eigenvalue weighted by Gasteiger charge is 2.27. The number of hydrogen-bond donors (Lipinski definition) is 1. The number of nitrogens with zero attached hydrogens (tertiary/aromatic N) is 1. The van der Waals surface area contributed by atoms with Crippen LogP contribution in [-0.2, 0) is 13.1 Å². The van der Waals surface area contributed by atoms with Crippen LogP contribution in [0.25, 0.3) is 0 Å². The fraction of sp³-hybridized carbons (Fsp3) is 0.750. The Kier molecular flexibility index (Phi) is 5.57. The molecule has 114 valence electrons. The lowest BCUT2D eigenvalue weighted by Gasteiger charge is -2.37. The van der Waals surface area contributed by atoms with E-state index in [1.165, 1.54) is 34.2 Å². The summed E-state index contributed by atoms with van der Waals surface area (Å²) < 4.78 is 0.407. The Morgan fingerprint density at radius 2 is 2.15 bits per heavy atom. The third kappa shape index (κ3) is 4.76. The van der Waals surface area contributed by atoms with E-state index in [1.807, 2.05) is 11.3 Å². The maximum atomic E-state index is 3.51. The minimum absolute atomic E-state index is 0.407. The smallest absolute Gasteiger partial charge is 0.0302 e. The van der Waals surface area contributed by atoms with Crippen LogP contribution in [-0.4, -0.2) is 34.5 Å². The predicted octanol–water partition coefficient (Wildman–Crippen LogP) is 3.88. The number of hydrogen-bond acceptors (Lipinski definition) is 4. The van der Waals surface area contributed by atoms with Gasteiger partial charge >= 0.3 is 0 Å². The Labute approximate surface area is 132 Å². The molecular formula is C16H28N2S2. The van der Waals surface area contributed by atoms with Gasteiger partial charge in [0, 0.05) is 52.5 Å². The third-order valence-electron chi connectivity index (χ3n) is 3.65. The van der Waals surface area contributed by atoms with Crippen molar-refractivity contribution in [2.45, 2.75) is 58.5 Å². The van der Waals surface area contributed by atoms with Crippen molar-refractivity contribution in [3.63, 3.8) is 0 Å². The molecule has 0 atom stereocenters. The largest absolute Gasteiger partial charge is 0.310 e. The summed E-state index contributed by atoms with van der Waals surface area (Å²) in [5, 5.41) is 3.51. The standard InChI is InChI=1S/C16H28N2S2/c1-12(2)17-9-15-8-14(13(3)20-15)10-18-6-7-19-16(4,5)11-18/h8,12,17H,6-7,9-11H2,1-5H3. The van der Waals surface area contributed by atoms with E-state index in [4.69, 9.17) is 0 Å². The number of nitrogens with one attached hydrogen (secondary N) is 1. The topological polar surface area (TPSA) is 15.3 Å². The van der Waals surface area contributed by atoms with Crippen molar-refractivity contribution in [1.82, 2.24) is 10.2 Å². The van der Waals surface area contributed by atoms with Crippen LogP contribution >= 0.6 is 23.1 Å². The average molecular weight is 313 g/mol. The first-order chi connectivity index (χ1) is 9.35. The second-order valence-electron chi connectivity index (χ2n) is 6.65. The van der Waals surface area contributed by atoms with Gasteiger partial charge in [-0.1, -0.05) is 13.8 Å². The molecule has 1 N–H and O–H groups in total. The number of thiophene rings is 1. The van der Waals surface area contributed by atoms with E-state index >= 15 is 0 Å². The van der Waals surface area contributed by atoms with Crippen molar-refractivity contribution in [2.24, 2.45) is 0 Å². The molecule has 2 heterocycles. The maximum Gasteiger partial charge on any atom is 0.0302 e. The van der Waals surface area contributed by atoms with Crippen molar-refractivity contribution in [3.8, 4) is 0 Å². The van der Waals surface area contributed by atoms with Gasteiger partial charge in [-0.25, -0.2) is 0 Å². The Bertz CT molecular complexity index is 438. The van der Waals surface area contributed by atoms with Crippen molar-refractivity contribution in [1.29, 1.82) is 0 Å². The zero-order valence-corrected chi connectivity index (χ0v) is 15.1. The molecule has 1 fully saturated rings. The summed E-state index contributed by atoms with van der Waals surface area (Å²) in [5.74, 6) is 1.26. The summed E-state index contributed by atoms with van der Waals surface area (Å²) in [4.78, 5) is 5.57. The van der Waals surface area contributed by atoms with Gasteiger partial charge in [0.05, 0.1) is 0 Å². The van der Waals surface area contributed by atoms with E-state index in [1.54, 1.807) is 0 Å². The van der Waals surface area contributed by atoms with Crippen LogP contribution in [0.2, 0.25) is 0 Å². The molecule has 1 aliphatic heterocycles. The van der Waals surface area contributed by atoms with Crippen molar-refractivity contribution in [3.05, 3.63) is 21.4 Å². The lowest BCUT2D eigenvalue weighted by atomic mass is 10.1. The van der Waals surface area contributed by atoms with Gasteiger partial charge in [-0.05, 0) is 32.4 Å². The normalized spacial score (nSPS) is 19.7. The molecule has 20 heavy (non-hydrogen) atoms. The summed E-state index contributed by atoms with van der Waals surface area (Å²) in [6.45, 7) is 15.9. The van der Waals surface area contributed by atoms with Gasteiger partial charge in [0.1, 0.15) is 0 Å². The molecule has 0 aliphatic carbocycles. The summed E-state index contributed by atoms with van der Waals surface area (Å²) in [5.41, 5.74) is 1.53. The predicted molar refractivity (Wildman–Crippen MR) is 92.8 cm³/mol. The van der Waals surface area contributed by atoms with Gasteiger partial charge in [-0.3, -0.25) is 4.90 Å². The summed E-state index contributed by atoms with van der Waals surface area (Å²) in [7, 11) is 0. The molecule has 0 bridgehead atoms. The van der Waals surface area contributed by atoms with Crippen LogP contribution in [0, 0.1) is 6.92 Å². The lowest BCUT2D eigenvalue weighted by molar-refractivity contribution is 0.252. The van der Waals surface area contributed by atoms with E-state index in [0.717, 1.165) is 13.1 Å². The highest BCUT2D eigenvalue weighted by atomic mass is 32.2. The van der Waals surface area contributed by atoms with E-state index in [2.05, 4.69) is 62.7 Å². The highest BCUT2D eigenvalue weighted by Crippen LogP contribution is 2.31. The minimum Gasteiger partial charge on any atom is -0.310 e. The van der Waals surface area contributed by atoms with Crippen LogP contribution in [0.5, 0.6) is 0 Å². The molecule has 1 aliphatic rings. The molecule has 1 aromatic heterocycles. The molecule has 0 aromatic carbocycles. The Balaban J connectivity index is 1.95. The van der Waals surface area contributed by atoms with E-state index in [9.17, 15) is 0 Å². The van der Waals surface area contributed by atoms with Gasteiger partial charge in [-0.15, -0.1) is 11.3 Å². The molecule has 1 saturated heterocycles. The fourth-order valence-electron chi connectivity index (χ4n) is 2.63. The van der Waals surface area contributed by atoms with Crippen LogP contribution < -0.4 is 5.32 Å². The molecule has 0 amide bonds. The first-order valence-electron chi connectivity index (χ1n) is 7.53. The average Bonchev–Trinajstić information content (AvgIpc) is 2.66. The molecule has 2 nitrogen and oxygen atoms in total. The van der Waals surface area contributed by atoms with E-state index in [0.29, 0.717) is 10.8 Å². The first-order valence-corrected chi connectivity index (χ1v) is 9.34. The van der Waals surface area contributed by atoms with Crippen molar-refractivity contribution in [2.75, 3.05) is 18.8 Å². The SMILES string of the molecule is Cc1sc(CNC(C)C)cc1CN1CCSC(C)(C)C1. The van der Waals surface area contributed by atoms with Gasteiger partial charge in [0.2, 0.25) is 0 Å². The monoisotopic (exact) mass is 312 g/mol. The lowest BCUT2D eigenvalue weighted by Crippen LogP contribution is -2.42. The molecular weight excluding hydrogens is 284 g/mol. The van der Waals surface area contributed by atoms with E-state index in [-0.39, 0.29) is 0 Å². The zero-order valence-electron chi connectivity index (χ0n) is 13.5. The van der Waals surface area contributed by atoms with E-state index < -0.39 is 0 Å². The second-order valence-corrected chi connectivity index (χ2v) is 9.79. The molecule has 0 saturated carbocycles. The summed E-state index contributed by atoms with van der Waals surface area (Å²) in [6, 6.07) is 2.96. The fourth-order valence-corrected chi connectivity index (χ4v) is 4.81. The quantitative estimate of drug-likeness (QED) is 0.888. The van der Waals surface area contributed by atoms with Gasteiger partial charge < -0.3 is 5.32 Å². The molecule has 0 unspecified atom stereocenters. The molecule has 4 heteroatoms. The molecule has 0 spiro atoms. The molecule has 1 aromatic rings. The van der Waals surface area contributed by atoms with Gasteiger partial charge in [0.15, 0.2) is 0 Å². The number of aryl methyl sites for hydroxylation is 1. The second kappa shape index (κ2) is 6.82. The van der Waals surface area contributed by atoms with Gasteiger partial charge in [-0.2, -0.15) is 11.8 Å². The summed E-state index contributed by atoms with van der Waals surface area (Å²) in [6.07, 6.45) is 0. The van der Waals surface area contributed by atoms with Crippen LogP contribution in [0.4, 0.5) is 0 Å². The third-order valence-corrected chi connectivity index (χ3v) is 6.04. The van der Waals surface area contributed by atoms with Crippen LogP contribution in [0.15, 0.2) is 6.07 Å². The highest BCUT2D eigenvalue weighted by molar-refractivity contribution is 8.00. The zero-order chi connectivity index (χ0) is 14.8. The van der Waals surface area contributed by atoms with Crippen LogP contribution in [0.3, 0.4) is 0 Å². The number of thioether (sulfide) groups is 1. The summed E-state index contributed by atoms with van der Waals surface area (Å²) >= 11 is 4.06. The minimum atomic E-state index is 0.407. The Hall–Kier alpha value is -0.0300. The Morgan fingerprint density at radius 3 is 2.80 bits per heavy atom. The molecule has 0 radical (unpaired) electrons. The number of rotatable bonds is 5.